The Morgan fingerprint density at radius 2 is 2.19 bits per heavy atom. The predicted molar refractivity (Wildman–Crippen MR) is 68.0 cm³/mol. The number of rotatable bonds is 2. The molecule has 2 rings (SSSR count). The fraction of sp³-hybridized carbons (Fsp3) is 0.182. The quantitative estimate of drug-likeness (QED) is 0.868. The summed E-state index contributed by atoms with van der Waals surface area (Å²) in [5.41, 5.74) is 5.94. The van der Waals surface area contributed by atoms with Gasteiger partial charge in [0.2, 0.25) is 0 Å². The van der Waals surface area contributed by atoms with Crippen molar-refractivity contribution in [3.8, 4) is 0 Å². The first-order valence-corrected chi connectivity index (χ1v) is 5.91. The first-order valence-electron chi connectivity index (χ1n) is 4.74. The Balaban J connectivity index is 2.79. The van der Waals surface area contributed by atoms with Gasteiger partial charge in [-0.1, -0.05) is 27.5 Å². The smallest absolute Gasteiger partial charge is 0.341 e. The Labute approximate surface area is 105 Å². The summed E-state index contributed by atoms with van der Waals surface area (Å²) < 4.78 is 6.05. The molecule has 0 aliphatic rings. The third-order valence-corrected chi connectivity index (χ3v) is 3.21. The summed E-state index contributed by atoms with van der Waals surface area (Å²) in [5.74, 6) is 0. The van der Waals surface area contributed by atoms with Gasteiger partial charge in [0.25, 0.3) is 0 Å². The number of benzene rings is 1. The first kappa shape index (κ1) is 11.6. The van der Waals surface area contributed by atoms with Crippen molar-refractivity contribution in [2.75, 3.05) is 6.54 Å². The van der Waals surface area contributed by atoms with E-state index >= 15 is 0 Å². The molecule has 3 nitrogen and oxygen atoms in total. The highest BCUT2D eigenvalue weighted by Gasteiger charge is 2.12. The Hall–Kier alpha value is -0.840. The van der Waals surface area contributed by atoms with Crippen molar-refractivity contribution < 1.29 is 4.42 Å². The van der Waals surface area contributed by atoms with Crippen LogP contribution in [0, 0.1) is 0 Å². The summed E-state index contributed by atoms with van der Waals surface area (Å²) in [6, 6.07) is 5.32. The maximum atomic E-state index is 11.6. The average Bonchev–Trinajstić information content (AvgIpc) is 2.26. The van der Waals surface area contributed by atoms with Gasteiger partial charge in [0.15, 0.2) is 0 Å². The molecule has 0 spiro atoms. The molecule has 84 valence electrons. The largest absolute Gasteiger partial charge is 0.422 e. The van der Waals surface area contributed by atoms with Crippen LogP contribution in [0.3, 0.4) is 0 Å². The molecule has 1 aromatic carbocycles. The van der Waals surface area contributed by atoms with Gasteiger partial charge in [0, 0.05) is 9.86 Å². The lowest BCUT2D eigenvalue weighted by Gasteiger charge is -2.05. The zero-order valence-electron chi connectivity index (χ0n) is 8.30. The van der Waals surface area contributed by atoms with Crippen LogP contribution in [-0.4, -0.2) is 6.54 Å². The van der Waals surface area contributed by atoms with Crippen LogP contribution in [-0.2, 0) is 6.42 Å². The summed E-state index contributed by atoms with van der Waals surface area (Å²) in [4.78, 5) is 11.6. The van der Waals surface area contributed by atoms with Gasteiger partial charge < -0.3 is 10.2 Å². The molecule has 2 N–H and O–H groups in total. The minimum absolute atomic E-state index is 0.365. The molecule has 0 saturated carbocycles. The maximum Gasteiger partial charge on any atom is 0.341 e. The van der Waals surface area contributed by atoms with Crippen molar-refractivity contribution in [1.29, 1.82) is 0 Å². The third-order valence-electron chi connectivity index (χ3n) is 2.29. The van der Waals surface area contributed by atoms with Gasteiger partial charge in [0.1, 0.15) is 5.58 Å². The van der Waals surface area contributed by atoms with Crippen LogP contribution in [0.2, 0.25) is 5.02 Å². The fourth-order valence-electron chi connectivity index (χ4n) is 1.53. The molecule has 0 bridgehead atoms. The van der Waals surface area contributed by atoms with Gasteiger partial charge in [-0.2, -0.15) is 0 Å². The Morgan fingerprint density at radius 3 is 2.88 bits per heavy atom. The molecule has 1 heterocycles. The lowest BCUT2D eigenvalue weighted by molar-refractivity contribution is 0.550. The molecule has 0 radical (unpaired) electrons. The number of halogens is 2. The Morgan fingerprint density at radius 1 is 1.44 bits per heavy atom. The highest BCUT2D eigenvalue weighted by Crippen LogP contribution is 2.27. The van der Waals surface area contributed by atoms with E-state index in [4.69, 9.17) is 21.8 Å². The predicted octanol–water partition coefficient (Wildman–Crippen LogP) is 2.71. The molecule has 0 amide bonds. The van der Waals surface area contributed by atoms with Crippen molar-refractivity contribution >= 4 is 38.5 Å². The molecule has 2 aromatic rings. The van der Waals surface area contributed by atoms with Crippen molar-refractivity contribution in [3.05, 3.63) is 43.7 Å². The summed E-state index contributed by atoms with van der Waals surface area (Å²) in [7, 11) is 0. The fourth-order valence-corrected chi connectivity index (χ4v) is 2.21. The van der Waals surface area contributed by atoms with Crippen molar-refractivity contribution in [2.45, 2.75) is 6.42 Å². The average molecular weight is 303 g/mol. The highest BCUT2D eigenvalue weighted by molar-refractivity contribution is 9.10. The minimum Gasteiger partial charge on any atom is -0.422 e. The van der Waals surface area contributed by atoms with E-state index in [1.54, 1.807) is 12.1 Å². The summed E-state index contributed by atoms with van der Waals surface area (Å²) in [6.45, 7) is 0.365. The number of hydrogen-bond acceptors (Lipinski definition) is 3. The second kappa shape index (κ2) is 4.57. The van der Waals surface area contributed by atoms with Crippen LogP contribution in [0.1, 0.15) is 5.56 Å². The molecular formula is C11H9BrClNO2. The molecule has 0 fully saturated rings. The number of nitrogens with two attached hydrogens (primary N) is 1. The van der Waals surface area contributed by atoms with Gasteiger partial charge >= 0.3 is 5.63 Å². The van der Waals surface area contributed by atoms with Gasteiger partial charge in [-0.25, -0.2) is 4.79 Å². The molecule has 0 unspecified atom stereocenters. The molecule has 0 aliphatic carbocycles. The van der Waals surface area contributed by atoms with E-state index in [2.05, 4.69) is 15.9 Å². The van der Waals surface area contributed by atoms with Crippen LogP contribution in [0.25, 0.3) is 11.0 Å². The molecule has 0 atom stereocenters. The zero-order chi connectivity index (χ0) is 11.7. The van der Waals surface area contributed by atoms with E-state index < -0.39 is 5.63 Å². The van der Waals surface area contributed by atoms with Crippen LogP contribution in [0.5, 0.6) is 0 Å². The molecule has 0 saturated heterocycles. The van der Waals surface area contributed by atoms with Crippen LogP contribution in [0.4, 0.5) is 0 Å². The van der Waals surface area contributed by atoms with E-state index in [0.717, 1.165) is 9.86 Å². The summed E-state index contributed by atoms with van der Waals surface area (Å²) in [5, 5.41) is 1.15. The van der Waals surface area contributed by atoms with Gasteiger partial charge in [-0.05, 0) is 31.2 Å². The zero-order valence-corrected chi connectivity index (χ0v) is 10.6. The van der Waals surface area contributed by atoms with Crippen molar-refractivity contribution in [1.82, 2.24) is 0 Å². The van der Waals surface area contributed by atoms with Crippen molar-refractivity contribution in [2.24, 2.45) is 5.73 Å². The summed E-state index contributed by atoms with van der Waals surface area (Å²) in [6.07, 6.45) is 0.420. The van der Waals surface area contributed by atoms with E-state index in [9.17, 15) is 4.79 Å². The van der Waals surface area contributed by atoms with Gasteiger partial charge in [-0.3, -0.25) is 0 Å². The molecular weight excluding hydrogens is 293 g/mol. The lowest BCUT2D eigenvalue weighted by Crippen LogP contribution is -2.13. The van der Waals surface area contributed by atoms with Crippen LogP contribution >= 0.6 is 27.5 Å². The molecule has 0 aliphatic heterocycles. The Kier molecular flexibility index (Phi) is 3.33. The third kappa shape index (κ3) is 2.00. The Bertz CT molecular complexity index is 594. The SMILES string of the molecule is NCCc1c(Cl)c2cc(Br)ccc2oc1=O. The topological polar surface area (TPSA) is 56.2 Å². The standard InChI is InChI=1S/C11H9BrClNO2/c12-6-1-2-9-8(5-6)10(13)7(3-4-14)11(15)16-9/h1-2,5H,3-4,14H2. The van der Waals surface area contributed by atoms with E-state index in [1.807, 2.05) is 6.07 Å². The normalized spacial score (nSPS) is 10.9. The minimum atomic E-state index is -0.412. The molecule has 1 aromatic heterocycles. The first-order chi connectivity index (χ1) is 7.63. The van der Waals surface area contributed by atoms with E-state index in [0.29, 0.717) is 29.1 Å². The second-order valence-corrected chi connectivity index (χ2v) is 4.65. The van der Waals surface area contributed by atoms with Crippen LogP contribution in [0.15, 0.2) is 31.9 Å². The number of hydrogen-bond donors (Lipinski definition) is 1. The highest BCUT2D eigenvalue weighted by atomic mass is 79.9. The molecule has 16 heavy (non-hydrogen) atoms. The molecule has 5 heteroatoms. The van der Waals surface area contributed by atoms with Gasteiger partial charge in [-0.15, -0.1) is 0 Å². The van der Waals surface area contributed by atoms with Crippen molar-refractivity contribution in [3.63, 3.8) is 0 Å². The number of fused-ring (bicyclic) bond motifs is 1. The van der Waals surface area contributed by atoms with Crippen LogP contribution < -0.4 is 11.4 Å². The lowest BCUT2D eigenvalue weighted by atomic mass is 10.1. The monoisotopic (exact) mass is 301 g/mol. The maximum absolute atomic E-state index is 11.6. The van der Waals surface area contributed by atoms with E-state index in [1.165, 1.54) is 0 Å². The van der Waals surface area contributed by atoms with Gasteiger partial charge in [0.05, 0.1) is 10.6 Å². The second-order valence-electron chi connectivity index (χ2n) is 3.36. The van der Waals surface area contributed by atoms with E-state index in [-0.39, 0.29) is 0 Å². The summed E-state index contributed by atoms with van der Waals surface area (Å²) >= 11 is 9.51.